The van der Waals surface area contributed by atoms with Crippen LogP contribution in [0.15, 0.2) is 47.5 Å². The van der Waals surface area contributed by atoms with Crippen molar-refractivity contribution in [1.29, 1.82) is 0 Å². The minimum atomic E-state index is 0. The highest BCUT2D eigenvalue weighted by molar-refractivity contribution is 6.06. The van der Waals surface area contributed by atoms with E-state index in [-0.39, 0.29) is 12.4 Å². The van der Waals surface area contributed by atoms with Crippen LogP contribution in [0.1, 0.15) is 11.1 Å². The summed E-state index contributed by atoms with van der Waals surface area (Å²) in [6.07, 6.45) is 0. The van der Waals surface area contributed by atoms with Crippen molar-refractivity contribution in [3.05, 3.63) is 53.6 Å². The molecule has 3 rings (SSSR count). The molecule has 92 valence electrons. The lowest BCUT2D eigenvalue weighted by Crippen LogP contribution is -2.13. The van der Waals surface area contributed by atoms with Gasteiger partial charge in [-0.25, -0.2) is 4.99 Å². The predicted molar refractivity (Wildman–Crippen MR) is 78.5 cm³/mol. The Bertz CT molecular complexity index is 620. The smallest absolute Gasteiger partial charge is 0.133 e. The molecule has 0 radical (unpaired) electrons. The fraction of sp³-hybridized carbons (Fsp3) is 0.0714. The zero-order valence-corrected chi connectivity index (χ0v) is 10.8. The number of hydrogen-bond acceptors (Lipinski definition) is 3. The van der Waals surface area contributed by atoms with Gasteiger partial charge in [0, 0.05) is 11.3 Å². The number of para-hydroxylation sites is 2. The number of aliphatic imine (C=N–C) groups is 1. The number of amidine groups is 1. The molecule has 0 amide bonds. The van der Waals surface area contributed by atoms with Crippen LogP contribution in [0.25, 0.3) is 0 Å². The molecule has 1 aliphatic rings. The molecule has 1 heterocycles. The number of nitrogens with zero attached hydrogens (tertiary/aromatic N) is 1. The topological polar surface area (TPSA) is 50.4 Å². The average molecular weight is 260 g/mol. The van der Waals surface area contributed by atoms with Crippen molar-refractivity contribution < 1.29 is 0 Å². The van der Waals surface area contributed by atoms with Gasteiger partial charge in [0.25, 0.3) is 0 Å². The van der Waals surface area contributed by atoms with E-state index in [0.717, 1.165) is 22.6 Å². The van der Waals surface area contributed by atoms with Gasteiger partial charge in [0.1, 0.15) is 5.84 Å². The van der Waals surface area contributed by atoms with Crippen LogP contribution in [-0.2, 0) is 0 Å². The number of aryl methyl sites for hydroxylation is 1. The highest BCUT2D eigenvalue weighted by Gasteiger charge is 2.13. The molecule has 0 spiro atoms. The quantitative estimate of drug-likeness (QED) is 0.761. The number of nitrogens with one attached hydrogen (secondary N) is 1. The molecule has 0 unspecified atom stereocenters. The van der Waals surface area contributed by atoms with Gasteiger partial charge >= 0.3 is 0 Å². The van der Waals surface area contributed by atoms with Gasteiger partial charge in [-0.15, -0.1) is 12.4 Å². The SMILES string of the molecule is Cc1ccc2c(c1)C(N)=Nc1ccccc1N2.Cl. The van der Waals surface area contributed by atoms with E-state index in [1.807, 2.05) is 43.3 Å². The van der Waals surface area contributed by atoms with Crippen LogP contribution in [0.4, 0.5) is 17.1 Å². The number of anilines is 2. The molecule has 0 aromatic heterocycles. The van der Waals surface area contributed by atoms with Crippen molar-refractivity contribution in [2.24, 2.45) is 10.7 Å². The second-order valence-electron chi connectivity index (χ2n) is 4.19. The van der Waals surface area contributed by atoms with E-state index in [1.54, 1.807) is 0 Å². The highest BCUT2D eigenvalue weighted by Crippen LogP contribution is 2.33. The summed E-state index contributed by atoms with van der Waals surface area (Å²) in [5.41, 5.74) is 11.0. The Hall–Kier alpha value is -2.00. The Morgan fingerprint density at radius 1 is 1.06 bits per heavy atom. The number of rotatable bonds is 0. The Morgan fingerprint density at radius 3 is 2.67 bits per heavy atom. The number of benzene rings is 2. The summed E-state index contributed by atoms with van der Waals surface area (Å²) in [4.78, 5) is 4.45. The van der Waals surface area contributed by atoms with Gasteiger partial charge in [-0.1, -0.05) is 23.8 Å². The van der Waals surface area contributed by atoms with E-state index in [1.165, 1.54) is 5.56 Å². The minimum absolute atomic E-state index is 0. The molecule has 1 aliphatic heterocycles. The summed E-state index contributed by atoms with van der Waals surface area (Å²) >= 11 is 0. The highest BCUT2D eigenvalue weighted by atomic mass is 35.5. The summed E-state index contributed by atoms with van der Waals surface area (Å²) in [6, 6.07) is 14.0. The lowest BCUT2D eigenvalue weighted by atomic mass is 10.1. The maximum Gasteiger partial charge on any atom is 0.133 e. The third-order valence-corrected chi connectivity index (χ3v) is 2.87. The van der Waals surface area contributed by atoms with Gasteiger partial charge in [-0.3, -0.25) is 0 Å². The summed E-state index contributed by atoms with van der Waals surface area (Å²) in [5, 5.41) is 3.37. The summed E-state index contributed by atoms with van der Waals surface area (Å²) in [5.74, 6) is 0.557. The van der Waals surface area contributed by atoms with Crippen molar-refractivity contribution in [2.45, 2.75) is 6.92 Å². The molecule has 2 aromatic carbocycles. The van der Waals surface area contributed by atoms with Gasteiger partial charge in [-0.05, 0) is 31.2 Å². The Balaban J connectivity index is 0.00000120. The van der Waals surface area contributed by atoms with E-state index >= 15 is 0 Å². The molecule has 2 aromatic rings. The Morgan fingerprint density at radius 2 is 1.83 bits per heavy atom. The molecule has 0 atom stereocenters. The van der Waals surface area contributed by atoms with Gasteiger partial charge in [0.15, 0.2) is 0 Å². The predicted octanol–water partition coefficient (Wildman–Crippen LogP) is 3.51. The maximum atomic E-state index is 6.04. The minimum Gasteiger partial charge on any atom is -0.383 e. The standard InChI is InChI=1S/C14H13N3.ClH/c1-9-6-7-11-10(8-9)14(15)17-13-5-3-2-4-12(13)16-11;/h2-8,16H,1H3,(H2,15,17);1H. The van der Waals surface area contributed by atoms with Crippen molar-refractivity contribution in [3.63, 3.8) is 0 Å². The molecular formula is C14H14ClN3. The first-order valence-electron chi connectivity index (χ1n) is 5.55. The third kappa shape index (κ3) is 2.05. The first-order chi connectivity index (χ1) is 8.24. The van der Waals surface area contributed by atoms with Crippen LogP contribution >= 0.6 is 12.4 Å². The first kappa shape index (κ1) is 12.5. The number of hydrogen-bond donors (Lipinski definition) is 2. The number of halogens is 1. The van der Waals surface area contributed by atoms with Crippen LogP contribution in [0.3, 0.4) is 0 Å². The normalized spacial score (nSPS) is 12.2. The largest absolute Gasteiger partial charge is 0.383 e. The van der Waals surface area contributed by atoms with Crippen molar-refractivity contribution in [3.8, 4) is 0 Å². The van der Waals surface area contributed by atoms with Crippen LogP contribution < -0.4 is 11.1 Å². The molecule has 0 saturated carbocycles. The maximum absolute atomic E-state index is 6.04. The zero-order valence-electron chi connectivity index (χ0n) is 9.97. The van der Waals surface area contributed by atoms with Crippen molar-refractivity contribution in [2.75, 3.05) is 5.32 Å². The van der Waals surface area contributed by atoms with Crippen LogP contribution in [0.5, 0.6) is 0 Å². The van der Waals surface area contributed by atoms with Crippen LogP contribution in [-0.4, -0.2) is 5.84 Å². The lowest BCUT2D eigenvalue weighted by molar-refractivity contribution is 1.43. The summed E-state index contributed by atoms with van der Waals surface area (Å²) < 4.78 is 0. The van der Waals surface area contributed by atoms with Crippen molar-refractivity contribution >= 4 is 35.3 Å². The fourth-order valence-corrected chi connectivity index (χ4v) is 1.99. The van der Waals surface area contributed by atoms with Gasteiger partial charge in [-0.2, -0.15) is 0 Å². The second kappa shape index (κ2) is 4.70. The van der Waals surface area contributed by atoms with E-state index in [4.69, 9.17) is 5.73 Å². The van der Waals surface area contributed by atoms with Gasteiger partial charge in [0.2, 0.25) is 0 Å². The third-order valence-electron chi connectivity index (χ3n) is 2.87. The van der Waals surface area contributed by atoms with E-state index in [9.17, 15) is 0 Å². The molecular weight excluding hydrogens is 246 g/mol. The zero-order chi connectivity index (χ0) is 11.8. The number of fused-ring (bicyclic) bond motifs is 2. The Kier molecular flexibility index (Phi) is 3.26. The summed E-state index contributed by atoms with van der Waals surface area (Å²) in [6.45, 7) is 2.05. The molecule has 0 saturated heterocycles. The number of nitrogens with two attached hydrogens (primary N) is 1. The molecule has 3 N–H and O–H groups in total. The molecule has 18 heavy (non-hydrogen) atoms. The first-order valence-corrected chi connectivity index (χ1v) is 5.55. The molecule has 0 bridgehead atoms. The molecule has 4 heteroatoms. The van der Waals surface area contributed by atoms with Crippen LogP contribution in [0.2, 0.25) is 0 Å². The lowest BCUT2D eigenvalue weighted by Gasteiger charge is -2.09. The molecule has 3 nitrogen and oxygen atoms in total. The second-order valence-corrected chi connectivity index (χ2v) is 4.19. The fourth-order valence-electron chi connectivity index (χ4n) is 1.99. The molecule has 0 fully saturated rings. The Labute approximate surface area is 112 Å². The van der Waals surface area contributed by atoms with E-state index in [2.05, 4.69) is 16.4 Å². The van der Waals surface area contributed by atoms with Gasteiger partial charge < -0.3 is 11.1 Å². The molecule has 0 aliphatic carbocycles. The summed E-state index contributed by atoms with van der Waals surface area (Å²) in [7, 11) is 0. The van der Waals surface area contributed by atoms with Crippen molar-refractivity contribution in [1.82, 2.24) is 0 Å². The van der Waals surface area contributed by atoms with E-state index < -0.39 is 0 Å². The monoisotopic (exact) mass is 259 g/mol. The van der Waals surface area contributed by atoms with Crippen LogP contribution in [0, 0.1) is 6.92 Å². The average Bonchev–Trinajstić information content (AvgIpc) is 2.46. The van der Waals surface area contributed by atoms with Gasteiger partial charge in [0.05, 0.1) is 11.4 Å². The van der Waals surface area contributed by atoms with E-state index in [0.29, 0.717) is 5.84 Å².